The number of nitrogens with one attached hydrogen (secondary N) is 2. The van der Waals surface area contributed by atoms with E-state index in [1.165, 1.54) is 24.3 Å². The molecule has 0 aliphatic carbocycles. The summed E-state index contributed by atoms with van der Waals surface area (Å²) in [6.07, 6.45) is 0.0743. The van der Waals surface area contributed by atoms with E-state index < -0.39 is 10.0 Å². The summed E-state index contributed by atoms with van der Waals surface area (Å²) in [6, 6.07) is 22.0. The average Bonchev–Trinajstić information content (AvgIpc) is 3.24. The van der Waals surface area contributed by atoms with Crippen LogP contribution in [0.2, 0.25) is 0 Å². The second kappa shape index (κ2) is 9.01. The summed E-state index contributed by atoms with van der Waals surface area (Å²) in [5.74, 6) is 0.116. The van der Waals surface area contributed by atoms with Gasteiger partial charge in [-0.2, -0.15) is 5.26 Å². The third-order valence-corrected chi connectivity index (χ3v) is 6.12. The van der Waals surface area contributed by atoms with Gasteiger partial charge in [-0.3, -0.25) is 4.79 Å². The zero-order chi connectivity index (χ0) is 22.6. The van der Waals surface area contributed by atoms with Gasteiger partial charge in [-0.1, -0.05) is 12.1 Å². The largest absolute Gasteiger partial charge is 0.436 e. The van der Waals surface area contributed by atoms with E-state index in [1.807, 2.05) is 30.3 Å². The van der Waals surface area contributed by atoms with Crippen LogP contribution in [0.1, 0.15) is 16.8 Å². The number of fused-ring (bicyclic) bond motifs is 1. The first-order valence-electron chi connectivity index (χ1n) is 9.70. The molecule has 1 aromatic heterocycles. The monoisotopic (exact) mass is 446 g/mol. The van der Waals surface area contributed by atoms with Crippen molar-refractivity contribution in [2.75, 3.05) is 11.9 Å². The predicted octanol–water partition coefficient (Wildman–Crippen LogP) is 3.94. The Kier molecular flexibility index (Phi) is 5.98. The molecule has 1 heterocycles. The van der Waals surface area contributed by atoms with E-state index >= 15 is 0 Å². The van der Waals surface area contributed by atoms with Crippen LogP contribution in [0.5, 0.6) is 0 Å². The number of sulfonamides is 1. The second-order valence-electron chi connectivity index (χ2n) is 6.85. The molecule has 0 atom stereocenters. The average molecular weight is 446 g/mol. The van der Waals surface area contributed by atoms with E-state index in [2.05, 4.69) is 15.0 Å². The van der Waals surface area contributed by atoms with Gasteiger partial charge < -0.3 is 9.73 Å². The highest BCUT2D eigenvalue weighted by Crippen LogP contribution is 2.25. The number of carbonyl (C=O) groups excluding carboxylic acids is 1. The highest BCUT2D eigenvalue weighted by atomic mass is 32.2. The zero-order valence-corrected chi connectivity index (χ0v) is 17.6. The van der Waals surface area contributed by atoms with Crippen molar-refractivity contribution in [1.29, 1.82) is 5.26 Å². The quantitative estimate of drug-likeness (QED) is 0.414. The van der Waals surface area contributed by atoms with Gasteiger partial charge in [-0.15, -0.1) is 0 Å². The van der Waals surface area contributed by atoms with Gasteiger partial charge in [0.2, 0.25) is 15.9 Å². The van der Waals surface area contributed by atoms with Crippen molar-refractivity contribution in [2.45, 2.75) is 11.3 Å². The molecular weight excluding hydrogens is 428 g/mol. The number of nitrogens with zero attached hydrogens (tertiary/aromatic N) is 2. The molecule has 0 bridgehead atoms. The Hall–Kier alpha value is -4.00. The number of carbonyl (C=O) groups is 1. The van der Waals surface area contributed by atoms with Crippen molar-refractivity contribution in [3.05, 3.63) is 78.4 Å². The van der Waals surface area contributed by atoms with E-state index in [-0.39, 0.29) is 23.8 Å². The fourth-order valence-corrected chi connectivity index (χ4v) is 4.04. The fourth-order valence-electron chi connectivity index (χ4n) is 3.01. The fraction of sp³-hybridized carbons (Fsp3) is 0.0870. The predicted molar refractivity (Wildman–Crippen MR) is 119 cm³/mol. The lowest BCUT2D eigenvalue weighted by atomic mass is 10.2. The molecule has 4 rings (SSSR count). The Bertz CT molecular complexity index is 1370. The lowest BCUT2D eigenvalue weighted by molar-refractivity contribution is 0.102. The maximum Gasteiger partial charge on any atom is 0.255 e. The highest BCUT2D eigenvalue weighted by Gasteiger charge is 2.15. The maximum absolute atomic E-state index is 12.5. The van der Waals surface area contributed by atoms with E-state index in [4.69, 9.17) is 9.68 Å². The van der Waals surface area contributed by atoms with Gasteiger partial charge in [0.15, 0.2) is 5.58 Å². The molecule has 1 amide bonds. The van der Waals surface area contributed by atoms with E-state index in [9.17, 15) is 13.2 Å². The summed E-state index contributed by atoms with van der Waals surface area (Å²) in [6.45, 7) is 0.0284. The number of aromatic nitrogens is 1. The van der Waals surface area contributed by atoms with Gasteiger partial charge in [0.1, 0.15) is 5.52 Å². The number of amides is 1. The van der Waals surface area contributed by atoms with E-state index in [1.54, 1.807) is 24.3 Å². The molecule has 0 aliphatic heterocycles. The van der Waals surface area contributed by atoms with Crippen LogP contribution >= 0.6 is 0 Å². The lowest BCUT2D eigenvalue weighted by Gasteiger charge is -2.08. The molecule has 0 fully saturated rings. The Morgan fingerprint density at radius 2 is 1.72 bits per heavy atom. The molecule has 3 aromatic carbocycles. The van der Waals surface area contributed by atoms with Crippen LogP contribution in [0, 0.1) is 11.3 Å². The van der Waals surface area contributed by atoms with Crippen molar-refractivity contribution in [1.82, 2.24) is 9.71 Å². The zero-order valence-electron chi connectivity index (χ0n) is 16.8. The molecule has 0 radical (unpaired) electrons. The number of hydrogen-bond donors (Lipinski definition) is 2. The van der Waals surface area contributed by atoms with E-state index in [0.29, 0.717) is 22.7 Å². The molecule has 0 saturated carbocycles. The van der Waals surface area contributed by atoms with Crippen LogP contribution in [0.3, 0.4) is 0 Å². The van der Waals surface area contributed by atoms with Crippen molar-refractivity contribution in [3.8, 4) is 17.5 Å². The molecule has 0 aliphatic rings. The summed E-state index contributed by atoms with van der Waals surface area (Å²) in [5.41, 5.74) is 3.13. The third-order valence-electron chi connectivity index (χ3n) is 4.64. The molecule has 8 nitrogen and oxygen atoms in total. The van der Waals surface area contributed by atoms with E-state index in [0.717, 1.165) is 11.1 Å². The minimum Gasteiger partial charge on any atom is -0.436 e. The number of benzene rings is 3. The Morgan fingerprint density at radius 1 is 1.00 bits per heavy atom. The number of oxazole rings is 1. The smallest absolute Gasteiger partial charge is 0.255 e. The van der Waals surface area contributed by atoms with Crippen LogP contribution in [0.4, 0.5) is 5.69 Å². The summed E-state index contributed by atoms with van der Waals surface area (Å²) in [7, 11) is -3.72. The molecule has 0 saturated heterocycles. The minimum atomic E-state index is -3.72. The van der Waals surface area contributed by atoms with Gasteiger partial charge in [0.25, 0.3) is 5.91 Å². The number of nitriles is 1. The SMILES string of the molecule is N#CCCNS(=O)(=O)c1ccc(C(=O)Nc2ccc(-c3nc4ccccc4o3)cc2)cc1. The molecule has 32 heavy (non-hydrogen) atoms. The van der Waals surface area contributed by atoms with Crippen LogP contribution < -0.4 is 10.0 Å². The van der Waals surface area contributed by atoms with Crippen LogP contribution in [0.25, 0.3) is 22.6 Å². The molecule has 9 heteroatoms. The van der Waals surface area contributed by atoms with Gasteiger partial charge in [-0.05, 0) is 60.7 Å². The van der Waals surface area contributed by atoms with Crippen molar-refractivity contribution < 1.29 is 17.6 Å². The highest BCUT2D eigenvalue weighted by molar-refractivity contribution is 7.89. The molecule has 0 spiro atoms. The topological polar surface area (TPSA) is 125 Å². The molecule has 4 aromatic rings. The first kappa shape index (κ1) is 21.2. The Morgan fingerprint density at radius 3 is 2.41 bits per heavy atom. The van der Waals surface area contributed by atoms with Crippen molar-refractivity contribution >= 4 is 32.7 Å². The van der Waals surface area contributed by atoms with Crippen LogP contribution in [0.15, 0.2) is 82.1 Å². The van der Waals surface area contributed by atoms with Gasteiger partial charge >= 0.3 is 0 Å². The van der Waals surface area contributed by atoms with Gasteiger partial charge in [0, 0.05) is 29.8 Å². The first-order valence-corrected chi connectivity index (χ1v) is 11.2. The van der Waals surface area contributed by atoms with Crippen LogP contribution in [-0.2, 0) is 10.0 Å². The van der Waals surface area contributed by atoms with Crippen molar-refractivity contribution in [2.24, 2.45) is 0 Å². The normalized spacial score (nSPS) is 11.2. The molecule has 160 valence electrons. The van der Waals surface area contributed by atoms with Gasteiger partial charge in [-0.25, -0.2) is 18.1 Å². The van der Waals surface area contributed by atoms with Crippen molar-refractivity contribution in [3.63, 3.8) is 0 Å². The number of hydrogen-bond acceptors (Lipinski definition) is 6. The summed E-state index contributed by atoms with van der Waals surface area (Å²) >= 11 is 0. The number of rotatable bonds is 7. The summed E-state index contributed by atoms with van der Waals surface area (Å²) in [5, 5.41) is 11.3. The van der Waals surface area contributed by atoms with Crippen LogP contribution in [-0.4, -0.2) is 25.9 Å². The van der Waals surface area contributed by atoms with Gasteiger partial charge in [0.05, 0.1) is 11.0 Å². The maximum atomic E-state index is 12.5. The first-order chi connectivity index (χ1) is 15.5. The standard InChI is InChI=1S/C23H18N4O4S/c24-14-3-15-25-32(29,30)19-12-8-16(9-13-19)22(28)26-18-10-6-17(7-11-18)23-27-20-4-1-2-5-21(20)31-23/h1-2,4-13,25H,3,15H2,(H,26,28). The lowest BCUT2D eigenvalue weighted by Crippen LogP contribution is -2.24. The summed E-state index contributed by atoms with van der Waals surface area (Å²) < 4.78 is 32.4. The Balaban J connectivity index is 1.43. The minimum absolute atomic E-state index is 0.0228. The number of anilines is 1. The second-order valence-corrected chi connectivity index (χ2v) is 8.62. The molecule has 2 N–H and O–H groups in total. The molecular formula is C23H18N4O4S. The third kappa shape index (κ3) is 4.67. The molecule has 0 unspecified atom stereocenters. The number of para-hydroxylation sites is 2. The Labute approximate surface area is 184 Å². The summed E-state index contributed by atoms with van der Waals surface area (Å²) in [4.78, 5) is 17.0.